The summed E-state index contributed by atoms with van der Waals surface area (Å²) in [6.45, 7) is 2.72. The zero-order valence-electron chi connectivity index (χ0n) is 17.6. The van der Waals surface area contributed by atoms with Crippen molar-refractivity contribution in [2.75, 3.05) is 20.2 Å². The van der Waals surface area contributed by atoms with Crippen molar-refractivity contribution in [1.29, 1.82) is 0 Å². The van der Waals surface area contributed by atoms with E-state index in [1.807, 2.05) is 11.9 Å². The molecule has 0 aliphatic heterocycles. The molecular weight excluding hydrogens is 488 g/mol. The van der Waals surface area contributed by atoms with Crippen LogP contribution in [0.5, 0.6) is 5.88 Å². The molecule has 0 radical (unpaired) electrons. The van der Waals surface area contributed by atoms with Crippen molar-refractivity contribution < 1.29 is 18.6 Å². The molecule has 0 aliphatic carbocycles. The highest BCUT2D eigenvalue weighted by Crippen LogP contribution is 2.21. The Kier molecular flexibility index (Phi) is 7.99. The maximum Gasteiger partial charge on any atom is 0.272 e. The largest absolute Gasteiger partial charge is 0.472 e. The summed E-state index contributed by atoms with van der Waals surface area (Å²) in [7, 11) is 1.87. The van der Waals surface area contributed by atoms with Gasteiger partial charge in [0.05, 0.1) is 36.9 Å². The fourth-order valence-corrected chi connectivity index (χ4v) is 3.33. The molecule has 11 heteroatoms. The van der Waals surface area contributed by atoms with Gasteiger partial charge in [-0.2, -0.15) is 4.98 Å². The molecule has 0 aliphatic rings. The number of hydrogen-bond acceptors (Lipinski definition) is 7. The monoisotopic (exact) mass is 509 g/mol. The van der Waals surface area contributed by atoms with Crippen LogP contribution in [0.1, 0.15) is 22.8 Å². The molecule has 3 aromatic rings. The van der Waals surface area contributed by atoms with E-state index >= 15 is 0 Å². The van der Waals surface area contributed by atoms with Gasteiger partial charge in [0, 0.05) is 24.7 Å². The molecule has 0 saturated carbocycles. The first kappa shape index (κ1) is 23.9. The average molecular weight is 510 g/mol. The lowest BCUT2D eigenvalue weighted by Crippen LogP contribution is -2.26. The first-order valence-electron chi connectivity index (χ1n) is 9.71. The van der Waals surface area contributed by atoms with E-state index in [1.165, 1.54) is 10.6 Å². The normalized spacial score (nSPS) is 11.2. The van der Waals surface area contributed by atoms with E-state index < -0.39 is 11.6 Å². The lowest BCUT2D eigenvalue weighted by atomic mass is 10.2. The van der Waals surface area contributed by atoms with Crippen LogP contribution in [0.4, 0.5) is 8.78 Å². The molecule has 2 aromatic heterocycles. The molecule has 1 aromatic carbocycles. The summed E-state index contributed by atoms with van der Waals surface area (Å²) in [6.07, 6.45) is 3.21. The summed E-state index contributed by atoms with van der Waals surface area (Å²) < 4.78 is 33.9. The van der Waals surface area contributed by atoms with Crippen LogP contribution in [0.15, 0.2) is 39.9 Å². The standard InChI is InChI=1S/C21H22BrF2N5O3/c1-13-27-20(32-12-14-3-4-15(23)7-18(14)24)19(22)21(31)29(13)11-17-9-25-16(8-26-17)10-28(2)5-6-30/h3-4,7-9,30H,5-6,10-12H2,1-2H3. The molecule has 8 nitrogen and oxygen atoms in total. The van der Waals surface area contributed by atoms with Crippen molar-refractivity contribution in [3.63, 3.8) is 0 Å². The van der Waals surface area contributed by atoms with E-state index in [0.29, 0.717) is 24.6 Å². The molecule has 1 N–H and O–H groups in total. The Morgan fingerprint density at radius 3 is 2.59 bits per heavy atom. The Morgan fingerprint density at radius 2 is 1.94 bits per heavy atom. The second kappa shape index (κ2) is 10.7. The third-order valence-corrected chi connectivity index (χ3v) is 5.33. The molecule has 32 heavy (non-hydrogen) atoms. The number of aliphatic hydroxyl groups excluding tert-OH is 1. The van der Waals surface area contributed by atoms with Gasteiger partial charge in [-0.15, -0.1) is 0 Å². The number of aryl methyl sites for hydroxylation is 1. The Balaban J connectivity index is 1.73. The summed E-state index contributed by atoms with van der Waals surface area (Å²) >= 11 is 3.20. The van der Waals surface area contributed by atoms with Gasteiger partial charge in [0.15, 0.2) is 0 Å². The van der Waals surface area contributed by atoms with Crippen molar-refractivity contribution in [3.8, 4) is 5.88 Å². The van der Waals surface area contributed by atoms with Crippen LogP contribution < -0.4 is 10.3 Å². The highest BCUT2D eigenvalue weighted by atomic mass is 79.9. The molecule has 0 saturated heterocycles. The first-order valence-corrected chi connectivity index (χ1v) is 10.5. The van der Waals surface area contributed by atoms with Crippen molar-refractivity contribution in [2.45, 2.75) is 26.6 Å². The predicted molar refractivity (Wildman–Crippen MR) is 116 cm³/mol. The molecule has 0 atom stereocenters. The third-order valence-electron chi connectivity index (χ3n) is 4.65. The second-order valence-electron chi connectivity index (χ2n) is 7.15. The van der Waals surface area contributed by atoms with E-state index in [-0.39, 0.29) is 41.2 Å². The maximum atomic E-state index is 13.8. The summed E-state index contributed by atoms with van der Waals surface area (Å²) in [4.78, 5) is 27.7. The highest BCUT2D eigenvalue weighted by Gasteiger charge is 2.16. The first-order chi connectivity index (χ1) is 15.3. The number of aromatic nitrogens is 4. The zero-order valence-corrected chi connectivity index (χ0v) is 19.1. The molecule has 0 bridgehead atoms. The number of ether oxygens (including phenoxy) is 1. The van der Waals surface area contributed by atoms with Crippen LogP contribution in [0, 0.1) is 18.6 Å². The molecule has 0 unspecified atom stereocenters. The van der Waals surface area contributed by atoms with E-state index in [2.05, 4.69) is 30.9 Å². The number of hydrogen-bond donors (Lipinski definition) is 1. The minimum atomic E-state index is -0.740. The summed E-state index contributed by atoms with van der Waals surface area (Å²) in [6, 6.07) is 3.17. The Morgan fingerprint density at radius 1 is 1.22 bits per heavy atom. The van der Waals surface area contributed by atoms with Gasteiger partial charge in [-0.25, -0.2) is 8.78 Å². The average Bonchev–Trinajstić information content (AvgIpc) is 2.75. The minimum Gasteiger partial charge on any atom is -0.472 e. The molecular formula is C21H22BrF2N5O3. The SMILES string of the molecule is Cc1nc(OCc2ccc(F)cc2F)c(Br)c(=O)n1Cc1cnc(CN(C)CCO)cn1. The third kappa shape index (κ3) is 5.93. The summed E-state index contributed by atoms with van der Waals surface area (Å²) in [5, 5.41) is 8.97. The van der Waals surface area contributed by atoms with Crippen LogP contribution in [0.2, 0.25) is 0 Å². The van der Waals surface area contributed by atoms with Crippen LogP contribution in [-0.4, -0.2) is 49.7 Å². The van der Waals surface area contributed by atoms with Crippen LogP contribution in [-0.2, 0) is 19.7 Å². The Labute approximate surface area is 191 Å². The number of nitrogens with zero attached hydrogens (tertiary/aromatic N) is 5. The van der Waals surface area contributed by atoms with Crippen LogP contribution in [0.25, 0.3) is 0 Å². The molecule has 3 rings (SSSR count). The van der Waals surface area contributed by atoms with E-state index in [9.17, 15) is 13.6 Å². The van der Waals surface area contributed by atoms with E-state index in [4.69, 9.17) is 9.84 Å². The number of halogens is 3. The molecule has 0 spiro atoms. The van der Waals surface area contributed by atoms with Gasteiger partial charge in [-0.1, -0.05) is 0 Å². The van der Waals surface area contributed by atoms with Gasteiger partial charge in [-0.05, 0) is 42.0 Å². The molecule has 2 heterocycles. The maximum absolute atomic E-state index is 13.8. The predicted octanol–water partition coefficient (Wildman–Crippen LogP) is 2.43. The number of benzene rings is 1. The summed E-state index contributed by atoms with van der Waals surface area (Å²) in [5.41, 5.74) is 1.06. The van der Waals surface area contributed by atoms with Crippen molar-refractivity contribution in [2.24, 2.45) is 0 Å². The van der Waals surface area contributed by atoms with Crippen molar-refractivity contribution in [3.05, 3.63) is 79.8 Å². The van der Waals surface area contributed by atoms with Gasteiger partial charge in [-0.3, -0.25) is 24.2 Å². The van der Waals surface area contributed by atoms with Crippen LogP contribution >= 0.6 is 15.9 Å². The quantitative estimate of drug-likeness (QED) is 0.473. The fraction of sp³-hybridized carbons (Fsp3) is 0.333. The van der Waals surface area contributed by atoms with Gasteiger partial charge in [0.1, 0.15) is 28.5 Å². The zero-order chi connectivity index (χ0) is 23.3. The number of aliphatic hydroxyl groups is 1. The number of likely N-dealkylation sites (N-methyl/N-ethyl adjacent to an activating group) is 1. The number of rotatable bonds is 9. The van der Waals surface area contributed by atoms with E-state index in [0.717, 1.165) is 17.8 Å². The minimum absolute atomic E-state index is 0.0147. The van der Waals surface area contributed by atoms with Crippen molar-refractivity contribution >= 4 is 15.9 Å². The van der Waals surface area contributed by atoms with Gasteiger partial charge in [0.25, 0.3) is 5.56 Å². The molecule has 0 fully saturated rings. The summed E-state index contributed by atoms with van der Waals surface area (Å²) in [5.74, 6) is -1.03. The second-order valence-corrected chi connectivity index (χ2v) is 7.95. The van der Waals surface area contributed by atoms with Gasteiger partial charge in [0.2, 0.25) is 5.88 Å². The van der Waals surface area contributed by atoms with Crippen LogP contribution in [0.3, 0.4) is 0 Å². The molecule has 170 valence electrons. The fourth-order valence-electron chi connectivity index (χ4n) is 2.91. The Hall–Kier alpha value is -2.76. The van der Waals surface area contributed by atoms with Gasteiger partial charge < -0.3 is 9.84 Å². The van der Waals surface area contributed by atoms with Gasteiger partial charge >= 0.3 is 0 Å². The van der Waals surface area contributed by atoms with Crippen molar-refractivity contribution in [1.82, 2.24) is 24.4 Å². The Bertz CT molecular complexity index is 1140. The van der Waals surface area contributed by atoms with E-state index in [1.54, 1.807) is 19.3 Å². The lowest BCUT2D eigenvalue weighted by molar-refractivity contribution is 0.216. The topological polar surface area (TPSA) is 93.4 Å². The highest BCUT2D eigenvalue weighted by molar-refractivity contribution is 9.10. The smallest absolute Gasteiger partial charge is 0.272 e. The lowest BCUT2D eigenvalue weighted by Gasteiger charge is -2.15. The molecule has 0 amide bonds.